The third-order valence-electron chi connectivity index (χ3n) is 4.94. The van der Waals surface area contributed by atoms with Gasteiger partial charge in [0.05, 0.1) is 25.0 Å². The molecular weight excluding hydrogens is 443 g/mol. The van der Waals surface area contributed by atoms with Gasteiger partial charge in [-0.2, -0.15) is 0 Å². The monoisotopic (exact) mass is 462 g/mol. The lowest BCUT2D eigenvalue weighted by Gasteiger charge is -2.29. The van der Waals surface area contributed by atoms with Crippen molar-refractivity contribution in [1.29, 1.82) is 0 Å². The quantitative estimate of drug-likeness (QED) is 0.521. The van der Waals surface area contributed by atoms with E-state index in [-0.39, 0.29) is 24.7 Å². The molecule has 2 aliphatic rings. The van der Waals surface area contributed by atoms with Crippen LogP contribution in [0.25, 0.3) is 0 Å². The van der Waals surface area contributed by atoms with E-state index in [1.54, 1.807) is 14.0 Å². The van der Waals surface area contributed by atoms with E-state index in [9.17, 15) is 4.79 Å². The van der Waals surface area contributed by atoms with Gasteiger partial charge in [-0.1, -0.05) is 47.5 Å². The Bertz CT molecular complexity index is 1010. The average molecular weight is 463 g/mol. The van der Waals surface area contributed by atoms with Crippen molar-refractivity contribution in [2.75, 3.05) is 20.3 Å². The molecule has 0 radical (unpaired) electrons. The lowest BCUT2D eigenvalue weighted by Crippen LogP contribution is -2.29. The lowest BCUT2D eigenvalue weighted by atomic mass is 9.93. The summed E-state index contributed by atoms with van der Waals surface area (Å²) in [4.78, 5) is 20.2. The number of halogens is 2. The Labute approximate surface area is 189 Å². The van der Waals surface area contributed by atoms with Crippen molar-refractivity contribution in [2.24, 2.45) is 4.99 Å². The molecule has 0 aliphatic carbocycles. The highest BCUT2D eigenvalue weighted by molar-refractivity contribution is 8.18. The molecule has 0 amide bonds. The first-order chi connectivity index (χ1) is 14.5. The second-order valence-corrected chi connectivity index (χ2v) is 8.66. The predicted molar refractivity (Wildman–Crippen MR) is 121 cm³/mol. The van der Waals surface area contributed by atoms with E-state index in [0.29, 0.717) is 21.6 Å². The number of rotatable bonds is 6. The topological polar surface area (TPSA) is 51.1 Å². The van der Waals surface area contributed by atoms with Crippen LogP contribution in [0.4, 0.5) is 0 Å². The van der Waals surface area contributed by atoms with Gasteiger partial charge in [0.25, 0.3) is 0 Å². The molecule has 0 saturated heterocycles. The summed E-state index contributed by atoms with van der Waals surface area (Å²) >= 11 is 13.5. The first-order valence-electron chi connectivity index (χ1n) is 9.48. The van der Waals surface area contributed by atoms with Crippen molar-refractivity contribution in [3.05, 3.63) is 80.3 Å². The summed E-state index contributed by atoms with van der Waals surface area (Å²) in [5, 5.41) is 2.09. The second kappa shape index (κ2) is 9.02. The lowest BCUT2D eigenvalue weighted by molar-refractivity contribution is -0.137. The molecule has 2 unspecified atom stereocenters. The summed E-state index contributed by atoms with van der Waals surface area (Å²) in [7, 11) is 1.61. The highest BCUT2D eigenvalue weighted by Gasteiger charge is 2.46. The molecule has 2 aromatic carbocycles. The number of nitrogens with zero attached hydrogens (tertiary/aromatic N) is 2. The Morgan fingerprint density at radius 2 is 1.67 bits per heavy atom. The van der Waals surface area contributed by atoms with E-state index >= 15 is 0 Å². The van der Waals surface area contributed by atoms with Crippen molar-refractivity contribution in [3.63, 3.8) is 0 Å². The summed E-state index contributed by atoms with van der Waals surface area (Å²) in [6.07, 6.45) is 0. The van der Waals surface area contributed by atoms with Crippen LogP contribution in [0.2, 0.25) is 10.0 Å². The van der Waals surface area contributed by atoms with E-state index in [2.05, 4.69) is 4.90 Å². The van der Waals surface area contributed by atoms with Gasteiger partial charge in [0.2, 0.25) is 0 Å². The standard InChI is InChI=1S/C22H20Cl2N2O3S/c1-3-29-21(27)20-17(12-28-2)26-19(14-6-10-16(24)11-7-14)18(25-22(26)30-20)13-4-8-15(23)9-5-13/h4-11,18-19H,3,12H2,1-2H3. The number of esters is 1. The fourth-order valence-electron chi connectivity index (χ4n) is 3.67. The van der Waals surface area contributed by atoms with Gasteiger partial charge in [-0.3, -0.25) is 4.99 Å². The zero-order valence-corrected chi connectivity index (χ0v) is 18.8. The fourth-order valence-corrected chi connectivity index (χ4v) is 5.01. The molecule has 0 saturated carbocycles. The van der Waals surface area contributed by atoms with Crippen LogP contribution in [-0.4, -0.2) is 36.4 Å². The van der Waals surface area contributed by atoms with E-state index < -0.39 is 0 Å². The SMILES string of the molecule is CCOC(=O)C1=C(COC)N2C(=NC(c3ccc(Cl)cc3)C2c2ccc(Cl)cc2)S1. The maximum absolute atomic E-state index is 12.6. The number of ether oxygens (including phenoxy) is 2. The number of amidine groups is 1. The molecule has 2 aromatic rings. The van der Waals surface area contributed by atoms with Gasteiger partial charge in [-0.25, -0.2) is 4.79 Å². The Kier molecular flexibility index (Phi) is 6.39. The van der Waals surface area contributed by atoms with Crippen LogP contribution in [0.1, 0.15) is 30.1 Å². The molecule has 4 rings (SSSR count). The van der Waals surface area contributed by atoms with Crippen LogP contribution in [0.5, 0.6) is 0 Å². The highest BCUT2D eigenvalue weighted by atomic mass is 35.5. The molecule has 5 nitrogen and oxygen atoms in total. The van der Waals surface area contributed by atoms with Crippen molar-refractivity contribution >= 4 is 46.1 Å². The summed E-state index contributed by atoms with van der Waals surface area (Å²) in [6, 6.07) is 15.1. The molecule has 0 spiro atoms. The Balaban J connectivity index is 1.80. The van der Waals surface area contributed by atoms with Gasteiger partial charge in [-0.15, -0.1) is 0 Å². The minimum absolute atomic E-state index is 0.150. The smallest absolute Gasteiger partial charge is 0.346 e. The number of thioether (sulfide) groups is 1. The van der Waals surface area contributed by atoms with E-state index in [0.717, 1.165) is 22.0 Å². The highest BCUT2D eigenvalue weighted by Crippen LogP contribution is 2.52. The summed E-state index contributed by atoms with van der Waals surface area (Å²) in [6.45, 7) is 2.38. The maximum atomic E-state index is 12.6. The van der Waals surface area contributed by atoms with Crippen molar-refractivity contribution < 1.29 is 14.3 Å². The zero-order valence-electron chi connectivity index (χ0n) is 16.5. The van der Waals surface area contributed by atoms with E-state index in [1.807, 2.05) is 48.5 Å². The minimum Gasteiger partial charge on any atom is -0.462 e. The number of aliphatic imine (C=N–C) groups is 1. The molecule has 0 aromatic heterocycles. The van der Waals surface area contributed by atoms with Gasteiger partial charge >= 0.3 is 5.97 Å². The number of carbonyl (C=O) groups excluding carboxylic acids is 1. The number of methoxy groups -OCH3 is 1. The Hall–Kier alpha value is -1.99. The molecule has 8 heteroatoms. The zero-order chi connectivity index (χ0) is 21.3. The molecule has 0 N–H and O–H groups in total. The molecule has 30 heavy (non-hydrogen) atoms. The number of fused-ring (bicyclic) bond motifs is 1. The van der Waals surface area contributed by atoms with Crippen LogP contribution in [0.15, 0.2) is 64.1 Å². The summed E-state index contributed by atoms with van der Waals surface area (Å²) in [5.41, 5.74) is 2.84. The van der Waals surface area contributed by atoms with Crippen molar-refractivity contribution in [1.82, 2.24) is 4.90 Å². The van der Waals surface area contributed by atoms with Crippen LogP contribution in [0.3, 0.4) is 0 Å². The number of benzene rings is 2. The largest absolute Gasteiger partial charge is 0.462 e. The van der Waals surface area contributed by atoms with Gasteiger partial charge in [-0.05, 0) is 54.1 Å². The van der Waals surface area contributed by atoms with Crippen molar-refractivity contribution in [2.45, 2.75) is 19.0 Å². The molecule has 0 bridgehead atoms. The van der Waals surface area contributed by atoms with Gasteiger partial charge in [0, 0.05) is 17.2 Å². The van der Waals surface area contributed by atoms with E-state index in [4.69, 9.17) is 37.7 Å². The summed E-state index contributed by atoms with van der Waals surface area (Å²) in [5.74, 6) is -0.357. The third-order valence-corrected chi connectivity index (χ3v) is 6.54. The van der Waals surface area contributed by atoms with Crippen LogP contribution >= 0.6 is 35.0 Å². The van der Waals surface area contributed by atoms with Crippen LogP contribution in [-0.2, 0) is 14.3 Å². The number of hydrogen-bond acceptors (Lipinski definition) is 6. The van der Waals surface area contributed by atoms with Gasteiger partial charge in [0.15, 0.2) is 5.17 Å². The molecule has 2 atom stereocenters. The van der Waals surface area contributed by atoms with Gasteiger partial charge < -0.3 is 14.4 Å². The van der Waals surface area contributed by atoms with Crippen LogP contribution < -0.4 is 0 Å². The molecule has 2 heterocycles. The Morgan fingerprint density at radius 3 is 2.23 bits per heavy atom. The normalized spacial score (nSPS) is 20.4. The average Bonchev–Trinajstić information content (AvgIpc) is 3.27. The predicted octanol–water partition coefficient (Wildman–Crippen LogP) is 5.62. The fraction of sp³-hybridized carbons (Fsp3) is 0.273. The third kappa shape index (κ3) is 3.97. The number of carbonyl (C=O) groups is 1. The van der Waals surface area contributed by atoms with E-state index in [1.165, 1.54) is 11.8 Å². The first kappa shape index (κ1) is 21.2. The number of hydrogen-bond donors (Lipinski definition) is 0. The van der Waals surface area contributed by atoms with Crippen LogP contribution in [0, 0.1) is 0 Å². The molecule has 0 fully saturated rings. The second-order valence-electron chi connectivity index (χ2n) is 6.81. The van der Waals surface area contributed by atoms with Gasteiger partial charge in [0.1, 0.15) is 10.9 Å². The summed E-state index contributed by atoms with van der Waals surface area (Å²) < 4.78 is 10.7. The Morgan fingerprint density at radius 1 is 1.07 bits per heavy atom. The van der Waals surface area contributed by atoms with Crippen molar-refractivity contribution in [3.8, 4) is 0 Å². The molecule has 156 valence electrons. The molecular formula is C22H20Cl2N2O3S. The minimum atomic E-state index is -0.357. The maximum Gasteiger partial charge on any atom is 0.346 e. The molecule has 2 aliphatic heterocycles. The first-order valence-corrected chi connectivity index (χ1v) is 11.1.